The Hall–Kier alpha value is -1.34. The van der Waals surface area contributed by atoms with E-state index in [-0.39, 0.29) is 24.7 Å². The largest absolute Gasteiger partial charge is 0.462 e. The van der Waals surface area contributed by atoms with Crippen molar-refractivity contribution in [3.05, 3.63) is 0 Å². The zero-order valence-electron chi connectivity index (χ0n) is 14.3. The van der Waals surface area contributed by atoms with Crippen LogP contribution in [0.1, 0.15) is 33.1 Å². The monoisotopic (exact) mass is 439 g/mol. The lowest BCUT2D eigenvalue weighted by Gasteiger charge is -2.36. The summed E-state index contributed by atoms with van der Waals surface area (Å²) in [6.45, 7) is 3.42. The summed E-state index contributed by atoms with van der Waals surface area (Å²) in [6.07, 6.45) is -20.4. The van der Waals surface area contributed by atoms with Crippen molar-refractivity contribution in [3.63, 3.8) is 0 Å². The maximum Gasteiger partial charge on any atom is 0.462 e. The molecule has 3 nitrogen and oxygen atoms in total. The first-order valence-corrected chi connectivity index (χ1v) is 7.85. The van der Waals surface area contributed by atoms with E-state index in [0.717, 1.165) is 0 Å². The molecule has 28 heavy (non-hydrogen) atoms. The highest BCUT2D eigenvalue weighted by Crippen LogP contribution is 2.51. The van der Waals surface area contributed by atoms with Gasteiger partial charge >= 0.3 is 30.2 Å². The van der Waals surface area contributed by atoms with Crippen LogP contribution in [0.4, 0.5) is 48.3 Å². The van der Waals surface area contributed by atoms with E-state index in [1.807, 2.05) is 0 Å². The molecule has 0 aromatic heterocycles. The number of carbonyl (C=O) groups excluding carboxylic acids is 1. The van der Waals surface area contributed by atoms with Gasteiger partial charge in [0.1, 0.15) is 0 Å². The third-order valence-corrected chi connectivity index (χ3v) is 4.58. The first-order valence-electron chi connectivity index (χ1n) is 7.85. The molecule has 1 rings (SSSR count). The number of hydrogen-bond donors (Lipinski definition) is 1. The van der Waals surface area contributed by atoms with Crippen molar-refractivity contribution in [1.29, 1.82) is 0 Å². The zero-order valence-corrected chi connectivity index (χ0v) is 14.3. The van der Waals surface area contributed by atoms with E-state index in [1.54, 1.807) is 13.8 Å². The highest BCUT2D eigenvalue weighted by Gasteiger charge is 2.79. The Morgan fingerprint density at radius 1 is 0.821 bits per heavy atom. The third-order valence-electron chi connectivity index (χ3n) is 4.58. The van der Waals surface area contributed by atoms with Crippen molar-refractivity contribution >= 4 is 5.91 Å². The average Bonchev–Trinajstić information content (AvgIpc) is 2.48. The van der Waals surface area contributed by atoms with Gasteiger partial charge in [-0.3, -0.25) is 9.53 Å². The van der Waals surface area contributed by atoms with E-state index < -0.39 is 42.2 Å². The predicted octanol–water partition coefficient (Wildman–Crippen LogP) is 4.96. The molecule has 0 saturated heterocycles. The van der Waals surface area contributed by atoms with Crippen LogP contribution >= 0.6 is 0 Å². The lowest BCUT2D eigenvalue weighted by atomic mass is 9.79. The topological polar surface area (TPSA) is 38.3 Å². The van der Waals surface area contributed by atoms with Gasteiger partial charge in [-0.25, -0.2) is 0 Å². The Kier molecular flexibility index (Phi) is 6.60. The Morgan fingerprint density at radius 2 is 1.32 bits per heavy atom. The molecule has 0 unspecified atom stereocenters. The minimum absolute atomic E-state index is 0.00987. The molecular formula is C14H16F11NO2. The summed E-state index contributed by atoms with van der Waals surface area (Å²) in [5, 5.41) is 1.41. The normalized spacial score (nSPS) is 27.2. The van der Waals surface area contributed by atoms with Crippen LogP contribution in [-0.4, -0.2) is 42.2 Å². The fraction of sp³-hybridized carbons (Fsp3) is 0.929. The van der Waals surface area contributed by atoms with Crippen molar-refractivity contribution in [2.24, 2.45) is 11.8 Å². The van der Waals surface area contributed by atoms with Crippen molar-refractivity contribution in [2.75, 3.05) is 0 Å². The molecule has 1 fully saturated rings. The summed E-state index contributed by atoms with van der Waals surface area (Å²) < 4.78 is 143. The van der Waals surface area contributed by atoms with Crippen LogP contribution in [-0.2, 0) is 9.53 Å². The maximum atomic E-state index is 14.1. The van der Waals surface area contributed by atoms with Crippen LogP contribution in [0.15, 0.2) is 0 Å². The molecule has 166 valence electrons. The highest BCUT2D eigenvalue weighted by molar-refractivity contribution is 5.84. The van der Waals surface area contributed by atoms with Gasteiger partial charge in [0.05, 0.1) is 0 Å². The first-order chi connectivity index (χ1) is 12.3. The van der Waals surface area contributed by atoms with E-state index >= 15 is 0 Å². The number of halogens is 11. The molecule has 0 aliphatic heterocycles. The fourth-order valence-electron chi connectivity index (χ4n) is 2.60. The molecule has 4 atom stereocenters. The number of ether oxygens (including phenoxy) is 1. The van der Waals surface area contributed by atoms with E-state index in [0.29, 0.717) is 6.42 Å². The second-order valence-corrected chi connectivity index (χ2v) is 6.72. The van der Waals surface area contributed by atoms with Crippen LogP contribution in [0.3, 0.4) is 0 Å². The van der Waals surface area contributed by atoms with Crippen LogP contribution < -0.4 is 5.32 Å². The van der Waals surface area contributed by atoms with Gasteiger partial charge in [0.25, 0.3) is 5.91 Å². The molecule has 1 N–H and O–H groups in total. The van der Waals surface area contributed by atoms with Gasteiger partial charge < -0.3 is 5.32 Å². The molecule has 1 aliphatic rings. The third kappa shape index (κ3) is 4.62. The minimum atomic E-state index is -7.20. The van der Waals surface area contributed by atoms with E-state index in [4.69, 9.17) is 0 Å². The van der Waals surface area contributed by atoms with Gasteiger partial charge in [0.2, 0.25) is 0 Å². The SMILES string of the molecule is C[C@H]1CC[C@@H](NC(=O)[C@](F)(OC(F)(F)C(F)(F)C(F)(F)F)C(F)(F)F)C[C@@H]1C. The number of carbonyl (C=O) groups is 1. The lowest BCUT2D eigenvalue weighted by Crippen LogP contribution is -2.64. The van der Waals surface area contributed by atoms with E-state index in [9.17, 15) is 53.1 Å². The second-order valence-electron chi connectivity index (χ2n) is 6.72. The molecule has 1 amide bonds. The summed E-state index contributed by atoms with van der Waals surface area (Å²) >= 11 is 0. The first kappa shape index (κ1) is 24.7. The average molecular weight is 439 g/mol. The van der Waals surface area contributed by atoms with E-state index in [1.165, 1.54) is 5.32 Å². The Morgan fingerprint density at radius 3 is 1.71 bits per heavy atom. The molecular weight excluding hydrogens is 423 g/mol. The Labute approximate surface area is 151 Å². The van der Waals surface area contributed by atoms with Crippen molar-refractivity contribution in [3.8, 4) is 0 Å². The van der Waals surface area contributed by atoms with Crippen molar-refractivity contribution in [2.45, 2.75) is 69.4 Å². The van der Waals surface area contributed by atoms with Gasteiger partial charge in [0, 0.05) is 6.04 Å². The summed E-state index contributed by atoms with van der Waals surface area (Å²) in [6, 6.07) is -1.14. The van der Waals surface area contributed by atoms with Crippen LogP contribution in [0.5, 0.6) is 0 Å². The molecule has 0 spiro atoms. The standard InChI is InChI=1S/C14H16F11NO2/c1-6-3-4-8(5-7(6)2)26-9(27)10(15,12(18,19)20)28-14(24,25)11(16,17)13(21,22)23/h6-8H,3-5H2,1-2H3,(H,26,27)/t6-,7-,8+,10-/m0/s1. The lowest BCUT2D eigenvalue weighted by molar-refractivity contribution is -0.473. The smallest absolute Gasteiger partial charge is 0.348 e. The quantitative estimate of drug-likeness (QED) is 0.615. The van der Waals surface area contributed by atoms with Gasteiger partial charge in [-0.05, 0) is 31.1 Å². The molecule has 1 aliphatic carbocycles. The summed E-state index contributed by atoms with van der Waals surface area (Å²) in [4.78, 5) is 11.6. The zero-order chi connectivity index (χ0) is 22.3. The molecule has 1 saturated carbocycles. The summed E-state index contributed by atoms with van der Waals surface area (Å²) in [5.74, 6) is -16.4. The molecule has 14 heteroatoms. The van der Waals surface area contributed by atoms with Crippen LogP contribution in [0.2, 0.25) is 0 Å². The molecule has 0 heterocycles. The molecule has 0 aromatic rings. The van der Waals surface area contributed by atoms with Gasteiger partial charge in [0.15, 0.2) is 0 Å². The predicted molar refractivity (Wildman–Crippen MR) is 71.0 cm³/mol. The molecule has 0 radical (unpaired) electrons. The Balaban J connectivity index is 3.14. The highest BCUT2D eigenvalue weighted by atomic mass is 19.4. The van der Waals surface area contributed by atoms with Crippen molar-refractivity contribution in [1.82, 2.24) is 5.32 Å². The summed E-state index contributed by atoms with van der Waals surface area (Å²) in [7, 11) is 0. The van der Waals surface area contributed by atoms with Gasteiger partial charge in [-0.2, -0.15) is 48.3 Å². The number of hydrogen-bond acceptors (Lipinski definition) is 2. The maximum absolute atomic E-state index is 14.1. The van der Waals surface area contributed by atoms with Crippen molar-refractivity contribution < 1.29 is 57.8 Å². The molecule has 0 aromatic carbocycles. The number of amides is 1. The summed E-state index contributed by atoms with van der Waals surface area (Å²) in [5.41, 5.74) is 0. The van der Waals surface area contributed by atoms with E-state index in [2.05, 4.69) is 4.74 Å². The van der Waals surface area contributed by atoms with Gasteiger partial charge in [-0.15, -0.1) is 0 Å². The second kappa shape index (κ2) is 7.48. The molecule has 0 bridgehead atoms. The van der Waals surface area contributed by atoms with Gasteiger partial charge in [-0.1, -0.05) is 13.8 Å². The fourth-order valence-corrected chi connectivity index (χ4v) is 2.60. The number of nitrogens with one attached hydrogen (secondary N) is 1. The Bertz CT molecular complexity index is 575. The number of rotatable bonds is 5. The van der Waals surface area contributed by atoms with Crippen LogP contribution in [0.25, 0.3) is 0 Å². The van der Waals surface area contributed by atoms with Crippen LogP contribution in [0, 0.1) is 11.8 Å². The number of alkyl halides is 11. The minimum Gasteiger partial charge on any atom is -0.348 e.